The minimum Gasteiger partial charge on any atom is -0.481 e. The van der Waals surface area contributed by atoms with E-state index in [1.54, 1.807) is 24.3 Å². The SMILES string of the molecule is Cc1cc(C)c(OCC(=O)OCC(=O)N(CCC#N)c2ccccc2)c(C)c1. The van der Waals surface area contributed by atoms with E-state index in [4.69, 9.17) is 14.7 Å². The molecule has 0 unspecified atom stereocenters. The molecule has 0 radical (unpaired) electrons. The van der Waals surface area contributed by atoms with Crippen molar-refractivity contribution in [2.75, 3.05) is 24.7 Å². The molecule has 146 valence electrons. The van der Waals surface area contributed by atoms with Gasteiger partial charge in [0.25, 0.3) is 5.91 Å². The molecule has 0 saturated carbocycles. The van der Waals surface area contributed by atoms with Gasteiger partial charge in [-0.2, -0.15) is 5.26 Å². The predicted molar refractivity (Wildman–Crippen MR) is 106 cm³/mol. The maximum Gasteiger partial charge on any atom is 0.344 e. The molecular formula is C22H24N2O4. The van der Waals surface area contributed by atoms with Crippen molar-refractivity contribution >= 4 is 17.6 Å². The van der Waals surface area contributed by atoms with Gasteiger partial charge in [0.1, 0.15) is 5.75 Å². The molecule has 0 aliphatic carbocycles. The lowest BCUT2D eigenvalue weighted by Gasteiger charge is -2.21. The van der Waals surface area contributed by atoms with E-state index in [0.29, 0.717) is 11.4 Å². The standard InChI is InChI=1S/C22H24N2O4/c1-16-12-17(2)22(18(3)13-16)28-15-21(26)27-14-20(25)24(11-7-10-23)19-8-5-4-6-9-19/h4-6,8-9,12-13H,7,11,14-15H2,1-3H3. The number of para-hydroxylation sites is 1. The van der Waals surface area contributed by atoms with E-state index in [-0.39, 0.29) is 19.6 Å². The van der Waals surface area contributed by atoms with Crippen LogP contribution in [0.5, 0.6) is 5.75 Å². The molecule has 0 fully saturated rings. The van der Waals surface area contributed by atoms with Crippen LogP contribution in [-0.2, 0) is 14.3 Å². The Kier molecular flexibility index (Phi) is 7.58. The van der Waals surface area contributed by atoms with Crippen molar-refractivity contribution in [3.63, 3.8) is 0 Å². The van der Waals surface area contributed by atoms with Crippen molar-refractivity contribution in [1.29, 1.82) is 5.26 Å². The molecule has 0 heterocycles. The maximum atomic E-state index is 12.5. The lowest BCUT2D eigenvalue weighted by atomic mass is 10.1. The van der Waals surface area contributed by atoms with Crippen LogP contribution in [-0.4, -0.2) is 31.6 Å². The molecule has 1 amide bonds. The Morgan fingerprint density at radius 2 is 1.68 bits per heavy atom. The maximum absolute atomic E-state index is 12.5. The van der Waals surface area contributed by atoms with Gasteiger partial charge in [-0.3, -0.25) is 4.79 Å². The zero-order valence-corrected chi connectivity index (χ0v) is 16.4. The number of ether oxygens (including phenoxy) is 2. The van der Waals surface area contributed by atoms with E-state index >= 15 is 0 Å². The van der Waals surface area contributed by atoms with Crippen LogP contribution in [0.15, 0.2) is 42.5 Å². The first-order chi connectivity index (χ1) is 13.4. The Bertz CT molecular complexity index is 849. The van der Waals surface area contributed by atoms with Crippen LogP contribution in [0.25, 0.3) is 0 Å². The number of amides is 1. The summed E-state index contributed by atoms with van der Waals surface area (Å²) >= 11 is 0. The topological polar surface area (TPSA) is 79.6 Å². The Morgan fingerprint density at radius 1 is 1.04 bits per heavy atom. The third-order valence-electron chi connectivity index (χ3n) is 4.11. The molecule has 6 nitrogen and oxygen atoms in total. The van der Waals surface area contributed by atoms with E-state index in [1.807, 2.05) is 45.0 Å². The van der Waals surface area contributed by atoms with E-state index in [0.717, 1.165) is 16.7 Å². The molecule has 2 aromatic rings. The first-order valence-electron chi connectivity index (χ1n) is 9.01. The first-order valence-corrected chi connectivity index (χ1v) is 9.01. The van der Waals surface area contributed by atoms with Crippen LogP contribution in [0.1, 0.15) is 23.1 Å². The summed E-state index contributed by atoms with van der Waals surface area (Å²) in [5.74, 6) is -0.368. The minimum atomic E-state index is -0.624. The predicted octanol–water partition coefficient (Wildman–Crippen LogP) is 3.48. The van der Waals surface area contributed by atoms with E-state index in [2.05, 4.69) is 0 Å². The molecule has 0 saturated heterocycles. The third-order valence-corrected chi connectivity index (χ3v) is 4.11. The number of hydrogen-bond acceptors (Lipinski definition) is 5. The van der Waals surface area contributed by atoms with Crippen molar-refractivity contribution < 1.29 is 19.1 Å². The van der Waals surface area contributed by atoms with Gasteiger partial charge in [0.15, 0.2) is 13.2 Å². The van der Waals surface area contributed by atoms with Gasteiger partial charge in [0.2, 0.25) is 0 Å². The highest BCUT2D eigenvalue weighted by atomic mass is 16.6. The van der Waals surface area contributed by atoms with Gasteiger partial charge in [0.05, 0.1) is 12.5 Å². The summed E-state index contributed by atoms with van der Waals surface area (Å²) in [6.45, 7) is 5.37. The van der Waals surface area contributed by atoms with Gasteiger partial charge < -0.3 is 14.4 Å². The lowest BCUT2D eigenvalue weighted by molar-refractivity contribution is -0.149. The Morgan fingerprint density at radius 3 is 2.29 bits per heavy atom. The molecule has 2 rings (SSSR count). The minimum absolute atomic E-state index is 0.184. The molecular weight excluding hydrogens is 356 g/mol. The zero-order valence-electron chi connectivity index (χ0n) is 16.4. The van der Waals surface area contributed by atoms with Crippen LogP contribution in [0.3, 0.4) is 0 Å². The fourth-order valence-corrected chi connectivity index (χ4v) is 2.95. The summed E-state index contributed by atoms with van der Waals surface area (Å²) in [5.41, 5.74) is 3.65. The summed E-state index contributed by atoms with van der Waals surface area (Å²) in [4.78, 5) is 25.9. The smallest absolute Gasteiger partial charge is 0.344 e. The summed E-state index contributed by atoms with van der Waals surface area (Å²) in [6.07, 6.45) is 0.184. The molecule has 0 aliphatic rings. The summed E-state index contributed by atoms with van der Waals surface area (Å²) < 4.78 is 10.7. The molecule has 0 atom stereocenters. The molecule has 6 heteroatoms. The Balaban J connectivity index is 1.92. The van der Waals surface area contributed by atoms with Crippen LogP contribution in [0.2, 0.25) is 0 Å². The molecule has 0 aromatic heterocycles. The highest BCUT2D eigenvalue weighted by Gasteiger charge is 2.18. The third kappa shape index (κ3) is 5.85. The van der Waals surface area contributed by atoms with Gasteiger partial charge in [-0.05, 0) is 44.0 Å². The number of carbonyl (C=O) groups is 2. The van der Waals surface area contributed by atoms with Crippen LogP contribution >= 0.6 is 0 Å². The summed E-state index contributed by atoms with van der Waals surface area (Å²) in [6, 6.07) is 14.9. The van der Waals surface area contributed by atoms with Gasteiger partial charge >= 0.3 is 5.97 Å². The number of aryl methyl sites for hydroxylation is 3. The van der Waals surface area contributed by atoms with Crippen LogP contribution in [0, 0.1) is 32.1 Å². The van der Waals surface area contributed by atoms with Gasteiger partial charge in [-0.1, -0.05) is 35.9 Å². The molecule has 28 heavy (non-hydrogen) atoms. The highest BCUT2D eigenvalue weighted by Crippen LogP contribution is 2.24. The normalized spacial score (nSPS) is 10.1. The second-order valence-electron chi connectivity index (χ2n) is 6.47. The lowest BCUT2D eigenvalue weighted by Crippen LogP contribution is -2.36. The molecule has 0 N–H and O–H groups in total. The van der Waals surface area contributed by atoms with Gasteiger partial charge in [0, 0.05) is 12.2 Å². The van der Waals surface area contributed by atoms with E-state index in [1.165, 1.54) is 4.90 Å². The fourth-order valence-electron chi connectivity index (χ4n) is 2.95. The van der Waals surface area contributed by atoms with Crippen molar-refractivity contribution in [3.8, 4) is 11.8 Å². The average Bonchev–Trinajstić information content (AvgIpc) is 2.66. The van der Waals surface area contributed by atoms with Crippen LogP contribution in [0.4, 0.5) is 5.69 Å². The molecule has 0 bridgehead atoms. The number of hydrogen-bond donors (Lipinski definition) is 0. The van der Waals surface area contributed by atoms with Crippen molar-refractivity contribution in [2.24, 2.45) is 0 Å². The quantitative estimate of drug-likeness (QED) is 0.655. The first kappa shape index (κ1) is 21.0. The molecule has 0 spiro atoms. The van der Waals surface area contributed by atoms with Crippen molar-refractivity contribution in [2.45, 2.75) is 27.2 Å². The van der Waals surface area contributed by atoms with Gasteiger partial charge in [-0.15, -0.1) is 0 Å². The second-order valence-corrected chi connectivity index (χ2v) is 6.47. The van der Waals surface area contributed by atoms with Crippen molar-refractivity contribution in [3.05, 3.63) is 59.2 Å². The second kappa shape index (κ2) is 10.1. The highest BCUT2D eigenvalue weighted by molar-refractivity contribution is 5.95. The fraction of sp³-hybridized carbons (Fsp3) is 0.318. The molecule has 0 aliphatic heterocycles. The molecule has 2 aromatic carbocycles. The van der Waals surface area contributed by atoms with Crippen molar-refractivity contribution in [1.82, 2.24) is 0 Å². The number of nitrogens with zero attached hydrogens (tertiary/aromatic N) is 2. The largest absolute Gasteiger partial charge is 0.481 e. The monoisotopic (exact) mass is 380 g/mol. The summed E-state index contributed by atoms with van der Waals surface area (Å²) in [7, 11) is 0. The van der Waals surface area contributed by atoms with E-state index in [9.17, 15) is 9.59 Å². The van der Waals surface area contributed by atoms with E-state index < -0.39 is 18.5 Å². The van der Waals surface area contributed by atoms with Gasteiger partial charge in [-0.25, -0.2) is 4.79 Å². The zero-order chi connectivity index (χ0) is 20.5. The number of rotatable bonds is 8. The van der Waals surface area contributed by atoms with Crippen LogP contribution < -0.4 is 9.64 Å². The summed E-state index contributed by atoms with van der Waals surface area (Å²) in [5, 5.41) is 8.81. The Hall–Kier alpha value is -3.33. The number of benzene rings is 2. The average molecular weight is 380 g/mol. The Labute approximate surface area is 165 Å². The number of anilines is 1. The number of esters is 1. The number of carbonyl (C=O) groups excluding carboxylic acids is 2. The number of nitriles is 1.